The Morgan fingerprint density at radius 2 is 1.79 bits per heavy atom. The van der Waals surface area contributed by atoms with Crippen molar-refractivity contribution in [1.82, 2.24) is 4.31 Å². The highest BCUT2D eigenvalue weighted by Crippen LogP contribution is 2.23. The number of halogens is 1. The van der Waals surface area contributed by atoms with E-state index in [4.69, 9.17) is 4.74 Å². The zero-order valence-corrected chi connectivity index (χ0v) is 16.5. The average molecular weight is 406 g/mol. The molecule has 0 aliphatic carbocycles. The van der Waals surface area contributed by atoms with Crippen molar-refractivity contribution in [2.24, 2.45) is 0 Å². The summed E-state index contributed by atoms with van der Waals surface area (Å²) in [6, 6.07) is 9.96. The van der Waals surface area contributed by atoms with Crippen LogP contribution in [0, 0.1) is 5.82 Å². The number of piperidine rings is 1. The Morgan fingerprint density at radius 3 is 2.43 bits per heavy atom. The van der Waals surface area contributed by atoms with Gasteiger partial charge >= 0.3 is 0 Å². The summed E-state index contributed by atoms with van der Waals surface area (Å²) >= 11 is 0. The number of carbonyl (C=O) groups is 1. The highest BCUT2D eigenvalue weighted by molar-refractivity contribution is 7.89. The number of hydrogen-bond acceptors (Lipinski definition) is 4. The van der Waals surface area contributed by atoms with Gasteiger partial charge in [0, 0.05) is 18.8 Å². The molecular weight excluding hydrogens is 383 g/mol. The maximum absolute atomic E-state index is 14.2. The van der Waals surface area contributed by atoms with Crippen LogP contribution in [0.15, 0.2) is 47.4 Å². The van der Waals surface area contributed by atoms with Gasteiger partial charge in [-0.25, -0.2) is 12.8 Å². The quantitative estimate of drug-likeness (QED) is 0.795. The Hall–Kier alpha value is -2.45. The number of carbonyl (C=O) groups excluding carboxylic acids is 1. The van der Waals surface area contributed by atoms with Gasteiger partial charge in [-0.2, -0.15) is 4.31 Å². The second-order valence-corrected chi connectivity index (χ2v) is 8.46. The maximum atomic E-state index is 14.2. The van der Waals surface area contributed by atoms with Crippen molar-refractivity contribution < 1.29 is 22.3 Å². The SMILES string of the molecule is CCOc1ccc(NC(=O)c2cc(S(=O)(=O)N3CCCCC3)ccc2F)cc1. The van der Waals surface area contributed by atoms with Crippen molar-refractivity contribution in [3.05, 3.63) is 53.8 Å². The smallest absolute Gasteiger partial charge is 0.258 e. The third-order valence-corrected chi connectivity index (χ3v) is 6.45. The molecule has 0 aromatic heterocycles. The van der Waals surface area contributed by atoms with E-state index in [0.29, 0.717) is 31.1 Å². The highest BCUT2D eigenvalue weighted by atomic mass is 32.2. The first-order chi connectivity index (χ1) is 13.4. The second kappa shape index (κ2) is 8.70. The fourth-order valence-corrected chi connectivity index (χ4v) is 4.64. The fourth-order valence-electron chi connectivity index (χ4n) is 3.09. The summed E-state index contributed by atoms with van der Waals surface area (Å²) in [5, 5.41) is 2.58. The van der Waals surface area contributed by atoms with E-state index in [0.717, 1.165) is 31.4 Å². The zero-order chi connectivity index (χ0) is 20.1. The zero-order valence-electron chi connectivity index (χ0n) is 15.7. The highest BCUT2D eigenvalue weighted by Gasteiger charge is 2.27. The van der Waals surface area contributed by atoms with Crippen molar-refractivity contribution in [2.75, 3.05) is 25.0 Å². The lowest BCUT2D eigenvalue weighted by Gasteiger charge is -2.26. The molecule has 3 rings (SSSR count). The molecule has 2 aromatic carbocycles. The van der Waals surface area contributed by atoms with Gasteiger partial charge in [0.2, 0.25) is 10.0 Å². The van der Waals surface area contributed by atoms with Gasteiger partial charge in [0.15, 0.2) is 0 Å². The molecule has 0 bridgehead atoms. The minimum absolute atomic E-state index is 0.0763. The Balaban J connectivity index is 1.81. The van der Waals surface area contributed by atoms with Crippen LogP contribution < -0.4 is 10.1 Å². The van der Waals surface area contributed by atoms with E-state index < -0.39 is 21.7 Å². The Bertz CT molecular complexity index is 939. The van der Waals surface area contributed by atoms with Crippen molar-refractivity contribution in [3.63, 3.8) is 0 Å². The molecule has 0 saturated carbocycles. The number of hydrogen-bond donors (Lipinski definition) is 1. The summed E-state index contributed by atoms with van der Waals surface area (Å²) in [6.07, 6.45) is 2.59. The van der Waals surface area contributed by atoms with Gasteiger partial charge in [0.1, 0.15) is 11.6 Å². The molecule has 1 aliphatic heterocycles. The molecule has 0 unspecified atom stereocenters. The van der Waals surface area contributed by atoms with E-state index in [2.05, 4.69) is 5.32 Å². The van der Waals surface area contributed by atoms with Gasteiger partial charge in [-0.1, -0.05) is 6.42 Å². The van der Waals surface area contributed by atoms with Crippen molar-refractivity contribution >= 4 is 21.6 Å². The standard InChI is InChI=1S/C20H23FN2O4S/c1-2-27-16-8-6-15(7-9-16)22-20(24)18-14-17(10-11-19(18)21)28(25,26)23-12-4-3-5-13-23/h6-11,14H,2-5,12-13H2,1H3,(H,22,24). The molecule has 2 aromatic rings. The first kappa shape index (κ1) is 20.3. The lowest BCUT2D eigenvalue weighted by Crippen LogP contribution is -2.35. The van der Waals surface area contributed by atoms with Crippen molar-refractivity contribution in [1.29, 1.82) is 0 Å². The van der Waals surface area contributed by atoms with E-state index in [1.807, 2.05) is 6.92 Å². The number of ether oxygens (including phenoxy) is 1. The van der Waals surface area contributed by atoms with Crippen molar-refractivity contribution in [2.45, 2.75) is 31.1 Å². The van der Waals surface area contributed by atoms with Crippen LogP contribution in [0.25, 0.3) is 0 Å². The molecule has 0 atom stereocenters. The van der Waals surface area contributed by atoms with Gasteiger partial charge < -0.3 is 10.1 Å². The number of anilines is 1. The largest absolute Gasteiger partial charge is 0.494 e. The van der Waals surface area contributed by atoms with Crippen LogP contribution in [0.1, 0.15) is 36.5 Å². The summed E-state index contributed by atoms with van der Waals surface area (Å²) in [5.74, 6) is -0.834. The number of benzene rings is 2. The molecule has 0 spiro atoms. The molecular formula is C20H23FN2O4S. The number of amides is 1. The van der Waals surface area contributed by atoms with Crippen LogP contribution in [-0.2, 0) is 10.0 Å². The Kier molecular flexibility index (Phi) is 6.31. The summed E-state index contributed by atoms with van der Waals surface area (Å²) in [5.41, 5.74) is 0.143. The molecule has 0 radical (unpaired) electrons. The number of rotatable bonds is 6. The molecule has 1 saturated heterocycles. The van der Waals surface area contributed by atoms with Crippen LogP contribution >= 0.6 is 0 Å². The van der Waals surface area contributed by atoms with Crippen LogP contribution in [0.4, 0.5) is 10.1 Å². The third kappa shape index (κ3) is 4.51. The Labute approximate surface area is 164 Å². The minimum atomic E-state index is -3.75. The lowest BCUT2D eigenvalue weighted by molar-refractivity contribution is 0.102. The second-order valence-electron chi connectivity index (χ2n) is 6.52. The molecule has 150 valence electrons. The monoisotopic (exact) mass is 406 g/mol. The predicted octanol–water partition coefficient (Wildman–Crippen LogP) is 3.65. The first-order valence-electron chi connectivity index (χ1n) is 9.25. The molecule has 1 amide bonds. The summed E-state index contributed by atoms with van der Waals surface area (Å²) in [4.78, 5) is 12.4. The number of nitrogens with zero attached hydrogens (tertiary/aromatic N) is 1. The topological polar surface area (TPSA) is 75.7 Å². The average Bonchev–Trinajstić information content (AvgIpc) is 2.70. The normalized spacial score (nSPS) is 15.2. The van der Waals surface area contributed by atoms with E-state index in [9.17, 15) is 17.6 Å². The molecule has 8 heteroatoms. The van der Waals surface area contributed by atoms with Gasteiger partial charge in [0.25, 0.3) is 5.91 Å². The summed E-state index contributed by atoms with van der Waals surface area (Å²) in [7, 11) is -3.75. The Morgan fingerprint density at radius 1 is 1.11 bits per heavy atom. The van der Waals surface area contributed by atoms with Gasteiger partial charge in [-0.05, 0) is 62.2 Å². The first-order valence-corrected chi connectivity index (χ1v) is 10.7. The summed E-state index contributed by atoms with van der Waals surface area (Å²) < 4.78 is 46.5. The van der Waals surface area contributed by atoms with Crippen LogP contribution in [-0.4, -0.2) is 38.3 Å². The van der Waals surface area contributed by atoms with Crippen LogP contribution in [0.3, 0.4) is 0 Å². The fraction of sp³-hybridized carbons (Fsp3) is 0.350. The van der Waals surface area contributed by atoms with Crippen LogP contribution in [0.2, 0.25) is 0 Å². The predicted molar refractivity (Wildman–Crippen MR) is 105 cm³/mol. The molecule has 28 heavy (non-hydrogen) atoms. The number of nitrogens with one attached hydrogen (secondary N) is 1. The van der Waals surface area contributed by atoms with E-state index in [-0.39, 0.29) is 10.5 Å². The molecule has 1 N–H and O–H groups in total. The third-order valence-electron chi connectivity index (χ3n) is 4.56. The van der Waals surface area contributed by atoms with E-state index in [1.54, 1.807) is 24.3 Å². The maximum Gasteiger partial charge on any atom is 0.258 e. The van der Waals surface area contributed by atoms with Crippen LogP contribution in [0.5, 0.6) is 5.75 Å². The van der Waals surface area contributed by atoms with Gasteiger partial charge in [-0.15, -0.1) is 0 Å². The van der Waals surface area contributed by atoms with E-state index in [1.165, 1.54) is 10.4 Å². The summed E-state index contributed by atoms with van der Waals surface area (Å²) in [6.45, 7) is 3.26. The van der Waals surface area contributed by atoms with E-state index >= 15 is 0 Å². The lowest BCUT2D eigenvalue weighted by atomic mass is 10.2. The molecule has 6 nitrogen and oxygen atoms in total. The van der Waals surface area contributed by atoms with Gasteiger partial charge in [0.05, 0.1) is 17.1 Å². The number of sulfonamides is 1. The minimum Gasteiger partial charge on any atom is -0.494 e. The van der Waals surface area contributed by atoms with Crippen molar-refractivity contribution in [3.8, 4) is 5.75 Å². The molecule has 1 fully saturated rings. The molecule has 1 aliphatic rings. The van der Waals surface area contributed by atoms with Gasteiger partial charge in [-0.3, -0.25) is 4.79 Å². The molecule has 1 heterocycles.